The number of rotatable bonds is 3. The Morgan fingerprint density at radius 2 is 2.03 bits per heavy atom. The molecule has 2 aromatic heterocycles. The number of pyridine rings is 2. The molecular weight excluding hydrogens is 400 g/mol. The highest BCUT2D eigenvalue weighted by Crippen LogP contribution is 2.33. The van der Waals surface area contributed by atoms with Gasteiger partial charge in [-0.25, -0.2) is 18.6 Å². The third-order valence-corrected chi connectivity index (χ3v) is 5.05. The van der Waals surface area contributed by atoms with E-state index in [1.807, 2.05) is 18.2 Å². The standard InChI is InChI=1S/C23H23F2N5O/c1-23(2,25)16-6-3-5-15(11-16)19-7-8-20-21(29-19)30(10-4-9-27-20)22(31)28-18-12-17(24)13-26-14-18/h3,5-8,11-14,27H,4,9-10H2,1-2H3,(H,28,31). The van der Waals surface area contributed by atoms with Gasteiger partial charge in [0.05, 0.1) is 29.5 Å². The number of hydrogen-bond acceptors (Lipinski definition) is 4. The zero-order valence-corrected chi connectivity index (χ0v) is 17.3. The number of nitrogens with one attached hydrogen (secondary N) is 2. The van der Waals surface area contributed by atoms with E-state index in [1.165, 1.54) is 31.0 Å². The van der Waals surface area contributed by atoms with Crippen molar-refractivity contribution in [3.05, 3.63) is 66.2 Å². The summed E-state index contributed by atoms with van der Waals surface area (Å²) in [6, 6.07) is 11.6. The third kappa shape index (κ3) is 4.63. The van der Waals surface area contributed by atoms with Crippen LogP contribution < -0.4 is 15.5 Å². The normalized spacial score (nSPS) is 13.7. The minimum Gasteiger partial charge on any atom is -0.382 e. The number of urea groups is 1. The zero-order valence-electron chi connectivity index (χ0n) is 17.3. The van der Waals surface area contributed by atoms with Crippen LogP contribution in [-0.4, -0.2) is 29.1 Å². The van der Waals surface area contributed by atoms with Gasteiger partial charge in [-0.2, -0.15) is 0 Å². The maximum atomic E-state index is 14.4. The maximum Gasteiger partial charge on any atom is 0.327 e. The summed E-state index contributed by atoms with van der Waals surface area (Å²) < 4.78 is 27.9. The van der Waals surface area contributed by atoms with Gasteiger partial charge in [-0.1, -0.05) is 18.2 Å². The molecule has 3 heterocycles. The van der Waals surface area contributed by atoms with E-state index in [4.69, 9.17) is 4.98 Å². The van der Waals surface area contributed by atoms with Gasteiger partial charge >= 0.3 is 6.03 Å². The van der Waals surface area contributed by atoms with Crippen LogP contribution in [0.3, 0.4) is 0 Å². The van der Waals surface area contributed by atoms with Crippen LogP contribution in [0.2, 0.25) is 0 Å². The molecule has 0 unspecified atom stereocenters. The van der Waals surface area contributed by atoms with Crippen molar-refractivity contribution in [2.75, 3.05) is 28.6 Å². The summed E-state index contributed by atoms with van der Waals surface area (Å²) in [4.78, 5) is 23.0. The van der Waals surface area contributed by atoms with Gasteiger partial charge in [0.15, 0.2) is 5.82 Å². The Labute approximate surface area is 179 Å². The molecule has 0 fully saturated rings. The van der Waals surface area contributed by atoms with Crippen molar-refractivity contribution in [3.63, 3.8) is 0 Å². The van der Waals surface area contributed by atoms with Gasteiger partial charge in [0, 0.05) is 24.7 Å². The van der Waals surface area contributed by atoms with E-state index in [1.54, 1.807) is 18.2 Å². The topological polar surface area (TPSA) is 70.2 Å². The van der Waals surface area contributed by atoms with Crippen LogP contribution in [0.1, 0.15) is 25.8 Å². The summed E-state index contributed by atoms with van der Waals surface area (Å²) in [5, 5.41) is 5.96. The molecule has 0 saturated heterocycles. The molecule has 2 N–H and O–H groups in total. The minimum absolute atomic E-state index is 0.262. The fourth-order valence-corrected chi connectivity index (χ4v) is 3.44. The zero-order chi connectivity index (χ0) is 22.0. The van der Waals surface area contributed by atoms with Gasteiger partial charge < -0.3 is 10.6 Å². The van der Waals surface area contributed by atoms with Gasteiger partial charge in [0.2, 0.25) is 0 Å². The van der Waals surface area contributed by atoms with Crippen LogP contribution >= 0.6 is 0 Å². The molecule has 6 nitrogen and oxygen atoms in total. The second kappa shape index (κ2) is 8.29. The molecule has 0 saturated carbocycles. The Morgan fingerprint density at radius 3 is 2.81 bits per heavy atom. The number of alkyl halides is 1. The van der Waals surface area contributed by atoms with Gasteiger partial charge in [-0.05, 0) is 44.0 Å². The lowest BCUT2D eigenvalue weighted by Gasteiger charge is -2.22. The molecule has 1 aliphatic heterocycles. The van der Waals surface area contributed by atoms with Crippen LogP contribution in [0.25, 0.3) is 11.3 Å². The van der Waals surface area contributed by atoms with E-state index in [0.717, 1.165) is 17.4 Å². The number of benzene rings is 1. The number of hydrogen-bond donors (Lipinski definition) is 2. The van der Waals surface area contributed by atoms with E-state index in [0.29, 0.717) is 36.6 Å². The average Bonchev–Trinajstić information content (AvgIpc) is 2.95. The predicted molar refractivity (Wildman–Crippen MR) is 117 cm³/mol. The molecule has 4 rings (SSSR count). The Kier molecular flexibility index (Phi) is 5.54. The van der Waals surface area contributed by atoms with Crippen LogP contribution in [0.4, 0.5) is 30.8 Å². The van der Waals surface area contributed by atoms with Crippen molar-refractivity contribution < 1.29 is 13.6 Å². The van der Waals surface area contributed by atoms with E-state index in [9.17, 15) is 13.6 Å². The molecule has 1 aromatic carbocycles. The summed E-state index contributed by atoms with van der Waals surface area (Å²) in [7, 11) is 0. The maximum absolute atomic E-state index is 14.4. The van der Waals surface area contributed by atoms with Crippen LogP contribution in [0.15, 0.2) is 54.9 Å². The first kappa shape index (κ1) is 20.7. The Morgan fingerprint density at radius 1 is 1.19 bits per heavy atom. The Bertz CT molecular complexity index is 1110. The number of aromatic nitrogens is 2. The fourth-order valence-electron chi connectivity index (χ4n) is 3.44. The predicted octanol–water partition coefficient (Wildman–Crippen LogP) is 5.34. The number of carbonyl (C=O) groups is 1. The lowest BCUT2D eigenvalue weighted by molar-refractivity contribution is 0.221. The van der Waals surface area contributed by atoms with E-state index < -0.39 is 17.5 Å². The summed E-state index contributed by atoms with van der Waals surface area (Å²) in [6.07, 6.45) is 3.17. The van der Waals surface area contributed by atoms with Crippen molar-refractivity contribution in [2.24, 2.45) is 0 Å². The number of nitrogens with zero attached hydrogens (tertiary/aromatic N) is 3. The highest BCUT2D eigenvalue weighted by atomic mass is 19.1. The Balaban J connectivity index is 1.69. The molecule has 3 aromatic rings. The van der Waals surface area contributed by atoms with Gasteiger partial charge in [0.1, 0.15) is 11.5 Å². The van der Waals surface area contributed by atoms with Gasteiger partial charge in [-0.15, -0.1) is 0 Å². The molecule has 2 amide bonds. The molecule has 1 aliphatic rings. The van der Waals surface area contributed by atoms with Crippen LogP contribution in [0.5, 0.6) is 0 Å². The smallest absolute Gasteiger partial charge is 0.327 e. The number of fused-ring (bicyclic) bond motifs is 1. The summed E-state index contributed by atoms with van der Waals surface area (Å²) in [6.45, 7) is 4.13. The monoisotopic (exact) mass is 423 g/mol. The van der Waals surface area contributed by atoms with E-state index in [2.05, 4.69) is 15.6 Å². The molecular formula is C23H23F2N5O. The van der Waals surface area contributed by atoms with Crippen molar-refractivity contribution in [2.45, 2.75) is 25.9 Å². The first-order chi connectivity index (χ1) is 14.8. The SMILES string of the molecule is CC(C)(F)c1cccc(-c2ccc3c(n2)N(C(=O)Nc2cncc(F)c2)CCCN3)c1. The van der Waals surface area contributed by atoms with Crippen molar-refractivity contribution >= 4 is 23.2 Å². The molecule has 0 aliphatic carbocycles. The molecule has 0 spiro atoms. The van der Waals surface area contributed by atoms with Crippen LogP contribution in [-0.2, 0) is 5.67 Å². The molecule has 31 heavy (non-hydrogen) atoms. The second-order valence-corrected chi connectivity index (χ2v) is 7.87. The highest BCUT2D eigenvalue weighted by Gasteiger charge is 2.24. The van der Waals surface area contributed by atoms with Crippen molar-refractivity contribution in [1.82, 2.24) is 9.97 Å². The summed E-state index contributed by atoms with van der Waals surface area (Å²) in [5.41, 5.74) is 1.43. The highest BCUT2D eigenvalue weighted by molar-refractivity contribution is 6.03. The lowest BCUT2D eigenvalue weighted by atomic mass is 9.97. The molecule has 8 heteroatoms. The lowest BCUT2D eigenvalue weighted by Crippen LogP contribution is -2.36. The van der Waals surface area contributed by atoms with Crippen LogP contribution in [0, 0.1) is 5.82 Å². The molecule has 0 atom stereocenters. The summed E-state index contributed by atoms with van der Waals surface area (Å²) in [5.74, 6) is -0.0754. The first-order valence-corrected chi connectivity index (χ1v) is 10.0. The minimum atomic E-state index is -1.48. The largest absolute Gasteiger partial charge is 0.382 e. The summed E-state index contributed by atoms with van der Waals surface area (Å²) >= 11 is 0. The fraction of sp³-hybridized carbons (Fsp3) is 0.261. The van der Waals surface area contributed by atoms with E-state index >= 15 is 0 Å². The number of halogens is 2. The number of carbonyl (C=O) groups excluding carboxylic acids is 1. The van der Waals surface area contributed by atoms with Gasteiger partial charge in [0.25, 0.3) is 0 Å². The first-order valence-electron chi connectivity index (χ1n) is 10.0. The van der Waals surface area contributed by atoms with Crippen molar-refractivity contribution in [3.8, 4) is 11.3 Å². The van der Waals surface area contributed by atoms with E-state index in [-0.39, 0.29) is 5.69 Å². The number of anilines is 3. The molecule has 160 valence electrons. The average molecular weight is 423 g/mol. The quantitative estimate of drug-likeness (QED) is 0.597. The van der Waals surface area contributed by atoms with Gasteiger partial charge in [-0.3, -0.25) is 9.88 Å². The molecule has 0 bridgehead atoms. The Hall–Kier alpha value is -3.55. The number of amides is 2. The third-order valence-electron chi connectivity index (χ3n) is 5.05. The van der Waals surface area contributed by atoms with Crippen molar-refractivity contribution in [1.29, 1.82) is 0 Å². The molecule has 0 radical (unpaired) electrons. The second-order valence-electron chi connectivity index (χ2n) is 7.87.